The van der Waals surface area contributed by atoms with E-state index in [-0.39, 0.29) is 17.8 Å². The van der Waals surface area contributed by atoms with Crippen molar-refractivity contribution in [2.75, 3.05) is 33.2 Å². The average molecular weight is 242 g/mol. The number of nitrogens with two attached hydrogens (primary N) is 1. The van der Waals surface area contributed by atoms with Gasteiger partial charge in [0.05, 0.1) is 25.5 Å². The molecule has 0 aliphatic rings. The summed E-state index contributed by atoms with van der Waals surface area (Å²) in [5, 5.41) is 2.39. The number of rotatable bonds is 5. The van der Waals surface area contributed by atoms with E-state index in [1.54, 1.807) is 6.07 Å². The van der Waals surface area contributed by atoms with Crippen molar-refractivity contribution in [1.82, 2.24) is 5.32 Å². The summed E-state index contributed by atoms with van der Waals surface area (Å²) in [6.45, 7) is -0.690. The van der Waals surface area contributed by atoms with Gasteiger partial charge in [-0.3, -0.25) is 4.79 Å². The van der Waals surface area contributed by atoms with Crippen LogP contribution in [-0.2, 0) is 0 Å². The topological polar surface area (TPSA) is 73.6 Å². The molecule has 0 radical (unpaired) electrons. The zero-order valence-electron chi connectivity index (χ0n) is 9.75. The second-order valence-electron chi connectivity index (χ2n) is 3.24. The molecule has 0 spiro atoms. The van der Waals surface area contributed by atoms with Gasteiger partial charge in [-0.2, -0.15) is 0 Å². The molecule has 1 amide bonds. The fourth-order valence-corrected chi connectivity index (χ4v) is 1.33. The molecular formula is C11H15FN2O3. The monoisotopic (exact) mass is 242 g/mol. The van der Waals surface area contributed by atoms with E-state index in [0.29, 0.717) is 11.5 Å². The first-order chi connectivity index (χ1) is 8.13. The van der Waals surface area contributed by atoms with E-state index in [4.69, 9.17) is 15.2 Å². The quantitative estimate of drug-likeness (QED) is 0.755. The first kappa shape index (κ1) is 13.1. The van der Waals surface area contributed by atoms with Crippen molar-refractivity contribution in [2.45, 2.75) is 0 Å². The maximum absolute atomic E-state index is 12.0. The van der Waals surface area contributed by atoms with E-state index in [1.807, 2.05) is 0 Å². The number of alkyl halides is 1. The zero-order chi connectivity index (χ0) is 12.8. The van der Waals surface area contributed by atoms with Crippen LogP contribution in [0, 0.1) is 0 Å². The highest BCUT2D eigenvalue weighted by Crippen LogP contribution is 2.30. The molecule has 0 heterocycles. The van der Waals surface area contributed by atoms with E-state index in [1.165, 1.54) is 20.3 Å². The van der Waals surface area contributed by atoms with Gasteiger partial charge < -0.3 is 20.5 Å². The van der Waals surface area contributed by atoms with Crippen molar-refractivity contribution in [3.8, 4) is 11.5 Å². The molecule has 1 aromatic carbocycles. The number of amides is 1. The Morgan fingerprint density at radius 2 is 2.12 bits per heavy atom. The molecule has 0 atom stereocenters. The number of hydrogen-bond donors (Lipinski definition) is 2. The van der Waals surface area contributed by atoms with Gasteiger partial charge in [0.15, 0.2) is 0 Å². The van der Waals surface area contributed by atoms with Crippen molar-refractivity contribution < 1.29 is 18.7 Å². The fourth-order valence-electron chi connectivity index (χ4n) is 1.33. The molecule has 0 unspecified atom stereocenters. The zero-order valence-corrected chi connectivity index (χ0v) is 9.75. The summed E-state index contributed by atoms with van der Waals surface area (Å²) in [7, 11) is 2.91. The van der Waals surface area contributed by atoms with Crippen LogP contribution in [0.25, 0.3) is 0 Å². The van der Waals surface area contributed by atoms with E-state index < -0.39 is 12.6 Å². The van der Waals surface area contributed by atoms with Crippen LogP contribution in [0.5, 0.6) is 11.5 Å². The number of hydrogen-bond acceptors (Lipinski definition) is 4. The maximum atomic E-state index is 12.0. The van der Waals surface area contributed by atoms with Crippen LogP contribution in [0.4, 0.5) is 10.1 Å². The Morgan fingerprint density at radius 1 is 1.41 bits per heavy atom. The van der Waals surface area contributed by atoms with Crippen LogP contribution in [0.15, 0.2) is 12.1 Å². The lowest BCUT2D eigenvalue weighted by atomic mass is 10.1. The lowest BCUT2D eigenvalue weighted by molar-refractivity contribution is 0.0951. The van der Waals surface area contributed by atoms with Crippen molar-refractivity contribution >= 4 is 11.6 Å². The minimum absolute atomic E-state index is 0.0577. The molecule has 0 bridgehead atoms. The number of methoxy groups -OCH3 is 2. The van der Waals surface area contributed by atoms with Gasteiger partial charge in [0.25, 0.3) is 5.91 Å². The maximum Gasteiger partial charge on any atom is 0.253 e. The Balaban J connectivity index is 3.08. The summed E-state index contributed by atoms with van der Waals surface area (Å²) >= 11 is 0. The summed E-state index contributed by atoms with van der Waals surface area (Å²) in [5.74, 6) is 0.327. The lowest BCUT2D eigenvalue weighted by Gasteiger charge is -2.12. The summed E-state index contributed by atoms with van der Waals surface area (Å²) in [5.41, 5.74) is 6.16. The number of benzene rings is 1. The van der Waals surface area contributed by atoms with Gasteiger partial charge in [0, 0.05) is 12.6 Å². The minimum atomic E-state index is -0.632. The summed E-state index contributed by atoms with van der Waals surface area (Å²) < 4.78 is 22.0. The van der Waals surface area contributed by atoms with E-state index >= 15 is 0 Å². The van der Waals surface area contributed by atoms with E-state index in [9.17, 15) is 9.18 Å². The molecule has 0 saturated carbocycles. The highest BCUT2D eigenvalue weighted by atomic mass is 19.1. The fraction of sp³-hybridized carbons (Fsp3) is 0.364. The molecule has 0 saturated heterocycles. The third kappa shape index (κ3) is 2.99. The third-order valence-corrected chi connectivity index (χ3v) is 2.20. The van der Waals surface area contributed by atoms with Crippen LogP contribution in [0.2, 0.25) is 0 Å². The van der Waals surface area contributed by atoms with Gasteiger partial charge in [-0.25, -0.2) is 4.39 Å². The van der Waals surface area contributed by atoms with Gasteiger partial charge in [-0.05, 0) is 6.07 Å². The second kappa shape index (κ2) is 5.93. The Morgan fingerprint density at radius 3 is 2.65 bits per heavy atom. The summed E-state index contributed by atoms with van der Waals surface area (Å²) in [6.07, 6.45) is 0. The number of halogens is 1. The third-order valence-electron chi connectivity index (χ3n) is 2.20. The summed E-state index contributed by atoms with van der Waals surface area (Å²) in [4.78, 5) is 11.7. The molecule has 6 heteroatoms. The minimum Gasteiger partial charge on any atom is -0.497 e. The van der Waals surface area contributed by atoms with Crippen molar-refractivity contribution in [3.05, 3.63) is 17.7 Å². The highest BCUT2D eigenvalue weighted by Gasteiger charge is 2.15. The number of nitrogens with one attached hydrogen (secondary N) is 1. The van der Waals surface area contributed by atoms with Gasteiger partial charge in [-0.15, -0.1) is 0 Å². The molecule has 0 aromatic heterocycles. The number of nitrogen functional groups attached to an aromatic ring is 1. The molecule has 5 nitrogen and oxygen atoms in total. The van der Waals surface area contributed by atoms with Crippen LogP contribution >= 0.6 is 0 Å². The van der Waals surface area contributed by atoms with Gasteiger partial charge in [-0.1, -0.05) is 0 Å². The smallest absolute Gasteiger partial charge is 0.253 e. The molecule has 0 aliphatic heterocycles. The standard InChI is InChI=1S/C11H15FN2O3/c1-16-7-5-8(11(15)14-4-3-12)10(13)9(6-7)17-2/h5-6H,3-4,13H2,1-2H3,(H,14,15). The number of ether oxygens (including phenoxy) is 2. The Kier molecular flexibility index (Phi) is 4.56. The largest absolute Gasteiger partial charge is 0.497 e. The van der Waals surface area contributed by atoms with Gasteiger partial charge in [0.1, 0.15) is 18.2 Å². The SMILES string of the molecule is COc1cc(OC)c(N)c(C(=O)NCCF)c1. The molecule has 1 rings (SSSR count). The van der Waals surface area contributed by atoms with E-state index in [0.717, 1.165) is 0 Å². The van der Waals surface area contributed by atoms with Gasteiger partial charge in [0.2, 0.25) is 0 Å². The average Bonchev–Trinajstić information content (AvgIpc) is 2.36. The first-order valence-electron chi connectivity index (χ1n) is 4.99. The highest BCUT2D eigenvalue weighted by molar-refractivity contribution is 6.00. The molecule has 0 aliphatic carbocycles. The van der Waals surface area contributed by atoms with Crippen LogP contribution in [-0.4, -0.2) is 33.3 Å². The molecule has 0 fully saturated rings. The summed E-state index contributed by atoms with van der Waals surface area (Å²) in [6, 6.07) is 3.05. The predicted octanol–water partition coefficient (Wildman–Crippen LogP) is 0.985. The lowest BCUT2D eigenvalue weighted by Crippen LogP contribution is -2.26. The molecule has 3 N–H and O–H groups in total. The predicted molar refractivity (Wildman–Crippen MR) is 62.3 cm³/mol. The molecule has 1 aromatic rings. The van der Waals surface area contributed by atoms with E-state index in [2.05, 4.69) is 5.32 Å². The van der Waals surface area contributed by atoms with Crippen LogP contribution < -0.4 is 20.5 Å². The van der Waals surface area contributed by atoms with Gasteiger partial charge >= 0.3 is 0 Å². The molecular weight excluding hydrogens is 227 g/mol. The normalized spacial score (nSPS) is 9.82. The number of anilines is 1. The Bertz CT molecular complexity index is 410. The molecule has 94 valence electrons. The van der Waals surface area contributed by atoms with Crippen LogP contribution in [0.1, 0.15) is 10.4 Å². The van der Waals surface area contributed by atoms with Crippen molar-refractivity contribution in [2.24, 2.45) is 0 Å². The van der Waals surface area contributed by atoms with Crippen molar-refractivity contribution in [3.63, 3.8) is 0 Å². The number of carbonyl (C=O) groups excluding carboxylic acids is 1. The van der Waals surface area contributed by atoms with Crippen LogP contribution in [0.3, 0.4) is 0 Å². The number of carbonyl (C=O) groups is 1. The Labute approximate surface area is 98.7 Å². The first-order valence-corrected chi connectivity index (χ1v) is 4.99. The second-order valence-corrected chi connectivity index (χ2v) is 3.24. The Hall–Kier alpha value is -1.98. The van der Waals surface area contributed by atoms with Crippen molar-refractivity contribution in [1.29, 1.82) is 0 Å². The molecule has 17 heavy (non-hydrogen) atoms.